The summed E-state index contributed by atoms with van der Waals surface area (Å²) >= 11 is 6.22. The zero-order valence-corrected chi connectivity index (χ0v) is 19.1. The average molecular weight is 457 g/mol. The first-order valence-corrected chi connectivity index (χ1v) is 11.3. The van der Waals surface area contributed by atoms with Gasteiger partial charge >= 0.3 is 0 Å². The Bertz CT molecular complexity index is 1050. The van der Waals surface area contributed by atoms with Crippen molar-refractivity contribution in [1.82, 2.24) is 34.9 Å². The molecule has 9 nitrogen and oxygen atoms in total. The third kappa shape index (κ3) is 5.93. The van der Waals surface area contributed by atoms with Gasteiger partial charge in [0.25, 0.3) is 0 Å². The number of anilines is 1. The Morgan fingerprint density at radius 1 is 1.09 bits per heavy atom. The molecule has 0 saturated carbocycles. The number of hydrogen-bond acceptors (Lipinski definition) is 7. The first-order valence-electron chi connectivity index (χ1n) is 10.9. The van der Waals surface area contributed by atoms with Gasteiger partial charge in [0.15, 0.2) is 11.5 Å². The second-order valence-electron chi connectivity index (χ2n) is 8.04. The van der Waals surface area contributed by atoms with Crippen molar-refractivity contribution < 1.29 is 4.79 Å². The number of hydrogen-bond donors (Lipinski definition) is 2. The third-order valence-corrected chi connectivity index (χ3v) is 6.04. The summed E-state index contributed by atoms with van der Waals surface area (Å²) in [7, 11) is 2.14. The number of carbonyl (C=O) groups is 1. The van der Waals surface area contributed by atoms with E-state index < -0.39 is 0 Å². The minimum atomic E-state index is 0.0175. The Morgan fingerprint density at radius 2 is 1.91 bits per heavy atom. The molecule has 32 heavy (non-hydrogen) atoms. The second kappa shape index (κ2) is 10.7. The Labute approximate surface area is 192 Å². The summed E-state index contributed by atoms with van der Waals surface area (Å²) in [6.45, 7) is 6.37. The van der Waals surface area contributed by atoms with Gasteiger partial charge in [-0.05, 0) is 30.8 Å². The fourth-order valence-electron chi connectivity index (χ4n) is 3.65. The number of carbonyl (C=O) groups excluding carboxylic acids is 1. The molecule has 1 aromatic carbocycles. The fraction of sp³-hybridized carbons (Fsp3) is 0.455. The van der Waals surface area contributed by atoms with Crippen LogP contribution in [0.25, 0.3) is 5.65 Å². The van der Waals surface area contributed by atoms with Gasteiger partial charge in [-0.3, -0.25) is 9.69 Å². The van der Waals surface area contributed by atoms with Crippen molar-refractivity contribution in [3.8, 4) is 0 Å². The van der Waals surface area contributed by atoms with Gasteiger partial charge in [0.1, 0.15) is 5.82 Å². The number of nitrogens with one attached hydrogen (secondary N) is 2. The van der Waals surface area contributed by atoms with Crippen LogP contribution in [0, 0.1) is 0 Å². The molecule has 0 aliphatic carbocycles. The molecule has 4 rings (SSSR count). The van der Waals surface area contributed by atoms with Crippen molar-refractivity contribution in [2.24, 2.45) is 0 Å². The summed E-state index contributed by atoms with van der Waals surface area (Å²) in [5.74, 6) is 1.37. The molecule has 1 aliphatic heterocycles. The predicted octanol–water partition coefficient (Wildman–Crippen LogP) is 1.69. The summed E-state index contributed by atoms with van der Waals surface area (Å²) < 4.78 is 1.69. The highest BCUT2D eigenvalue weighted by Crippen LogP contribution is 2.16. The molecule has 0 spiro atoms. The van der Waals surface area contributed by atoms with Crippen molar-refractivity contribution in [3.63, 3.8) is 0 Å². The van der Waals surface area contributed by atoms with Gasteiger partial charge in [-0.25, -0.2) is 0 Å². The molecule has 1 fully saturated rings. The van der Waals surface area contributed by atoms with E-state index in [1.807, 2.05) is 36.4 Å². The molecule has 0 atom stereocenters. The normalized spacial score (nSPS) is 15.2. The molecule has 0 radical (unpaired) electrons. The van der Waals surface area contributed by atoms with Gasteiger partial charge in [-0.1, -0.05) is 29.8 Å². The zero-order valence-electron chi connectivity index (χ0n) is 18.3. The van der Waals surface area contributed by atoms with Crippen LogP contribution in [-0.4, -0.2) is 81.8 Å². The van der Waals surface area contributed by atoms with Crippen LogP contribution in [0.2, 0.25) is 5.02 Å². The number of aromatic nitrogens is 4. The molecular weight excluding hydrogens is 428 g/mol. The van der Waals surface area contributed by atoms with Gasteiger partial charge in [0.2, 0.25) is 5.91 Å². The molecule has 1 aliphatic rings. The number of piperazine rings is 1. The molecule has 10 heteroatoms. The molecule has 3 aromatic rings. The van der Waals surface area contributed by atoms with Crippen LogP contribution in [-0.2, 0) is 17.8 Å². The molecule has 0 bridgehead atoms. The second-order valence-corrected chi connectivity index (χ2v) is 8.45. The van der Waals surface area contributed by atoms with Crippen LogP contribution in [0.1, 0.15) is 17.8 Å². The van der Waals surface area contributed by atoms with Gasteiger partial charge in [-0.2, -0.15) is 4.52 Å². The highest BCUT2D eigenvalue weighted by atomic mass is 35.5. The van der Waals surface area contributed by atoms with Crippen LogP contribution in [0.5, 0.6) is 0 Å². The number of aryl methyl sites for hydroxylation is 1. The SMILES string of the molecule is CN1CCN(CCNC(=O)CCc2nnc3ccc(NCc4ccccc4Cl)nn23)CC1. The molecular formula is C22H29ClN8O. The quantitative estimate of drug-likeness (QED) is 0.506. The smallest absolute Gasteiger partial charge is 0.220 e. The minimum Gasteiger partial charge on any atom is -0.364 e. The van der Waals surface area contributed by atoms with E-state index in [4.69, 9.17) is 11.6 Å². The maximum Gasteiger partial charge on any atom is 0.220 e. The summed E-state index contributed by atoms with van der Waals surface area (Å²) in [4.78, 5) is 17.0. The van der Waals surface area contributed by atoms with E-state index in [1.165, 1.54) is 0 Å². The molecule has 2 N–H and O–H groups in total. The van der Waals surface area contributed by atoms with Crippen LogP contribution in [0.4, 0.5) is 5.82 Å². The summed E-state index contributed by atoms with van der Waals surface area (Å²) in [6.07, 6.45) is 0.824. The summed E-state index contributed by atoms with van der Waals surface area (Å²) in [5, 5.41) is 20.0. The topological polar surface area (TPSA) is 90.7 Å². The van der Waals surface area contributed by atoms with E-state index in [0.29, 0.717) is 48.2 Å². The van der Waals surface area contributed by atoms with Crippen LogP contribution >= 0.6 is 11.6 Å². The van der Waals surface area contributed by atoms with Crippen molar-refractivity contribution >= 4 is 29.0 Å². The van der Waals surface area contributed by atoms with Crippen molar-refractivity contribution in [2.75, 3.05) is 51.6 Å². The monoisotopic (exact) mass is 456 g/mol. The van der Waals surface area contributed by atoms with Gasteiger partial charge in [0.05, 0.1) is 0 Å². The Balaban J connectivity index is 1.27. The van der Waals surface area contributed by atoms with Crippen molar-refractivity contribution in [2.45, 2.75) is 19.4 Å². The number of benzene rings is 1. The molecule has 0 unspecified atom stereocenters. The van der Waals surface area contributed by atoms with Gasteiger partial charge in [0, 0.05) is 63.7 Å². The van der Waals surface area contributed by atoms with Gasteiger partial charge in [-0.15, -0.1) is 15.3 Å². The lowest BCUT2D eigenvalue weighted by Crippen LogP contribution is -2.46. The highest BCUT2D eigenvalue weighted by molar-refractivity contribution is 6.31. The lowest BCUT2D eigenvalue weighted by molar-refractivity contribution is -0.121. The van der Waals surface area contributed by atoms with E-state index >= 15 is 0 Å². The predicted molar refractivity (Wildman–Crippen MR) is 125 cm³/mol. The summed E-state index contributed by atoms with van der Waals surface area (Å²) in [6, 6.07) is 11.4. The van der Waals surface area contributed by atoms with Crippen molar-refractivity contribution in [3.05, 3.63) is 52.8 Å². The number of halogens is 1. The Morgan fingerprint density at radius 3 is 2.72 bits per heavy atom. The van der Waals surface area contributed by atoms with Crippen LogP contribution < -0.4 is 10.6 Å². The van der Waals surface area contributed by atoms with Gasteiger partial charge < -0.3 is 15.5 Å². The average Bonchev–Trinajstić information content (AvgIpc) is 3.21. The van der Waals surface area contributed by atoms with Crippen LogP contribution in [0.15, 0.2) is 36.4 Å². The summed E-state index contributed by atoms with van der Waals surface area (Å²) in [5.41, 5.74) is 1.65. The molecule has 1 amide bonds. The maximum atomic E-state index is 12.3. The number of likely N-dealkylation sites (N-methyl/N-ethyl adjacent to an activating group) is 1. The van der Waals surface area contributed by atoms with E-state index in [0.717, 1.165) is 38.3 Å². The van der Waals surface area contributed by atoms with E-state index in [9.17, 15) is 4.79 Å². The zero-order chi connectivity index (χ0) is 22.3. The molecule has 3 heterocycles. The van der Waals surface area contributed by atoms with Crippen LogP contribution in [0.3, 0.4) is 0 Å². The lowest BCUT2D eigenvalue weighted by atomic mass is 10.2. The number of fused-ring (bicyclic) bond motifs is 1. The first-order chi connectivity index (χ1) is 15.6. The van der Waals surface area contributed by atoms with E-state index in [2.05, 4.69) is 42.8 Å². The fourth-order valence-corrected chi connectivity index (χ4v) is 3.85. The molecule has 1 saturated heterocycles. The maximum absolute atomic E-state index is 12.3. The lowest BCUT2D eigenvalue weighted by Gasteiger charge is -2.32. The number of rotatable bonds is 9. The first kappa shape index (κ1) is 22.4. The standard InChI is InChI=1S/C22H29ClN8O/c1-29-12-14-30(15-13-29)11-10-24-22(32)9-8-21-27-26-20-7-6-19(28-31(20)21)25-16-17-4-2-3-5-18(17)23/h2-7H,8-16H2,1H3,(H,24,32)(H,25,28). The highest BCUT2D eigenvalue weighted by Gasteiger charge is 2.14. The molecule has 2 aromatic heterocycles. The van der Waals surface area contributed by atoms with E-state index in [1.54, 1.807) is 4.52 Å². The van der Waals surface area contributed by atoms with E-state index in [-0.39, 0.29) is 5.91 Å². The van der Waals surface area contributed by atoms with Crippen molar-refractivity contribution in [1.29, 1.82) is 0 Å². The Hall–Kier alpha value is -2.75. The third-order valence-electron chi connectivity index (χ3n) is 5.67. The number of nitrogens with zero attached hydrogens (tertiary/aromatic N) is 6. The minimum absolute atomic E-state index is 0.0175. The number of amides is 1. The largest absolute Gasteiger partial charge is 0.364 e. The molecule has 170 valence electrons. The Kier molecular flexibility index (Phi) is 7.51.